The minimum atomic E-state index is -0.201. The Morgan fingerprint density at radius 3 is 2.70 bits per heavy atom. The van der Waals surface area contributed by atoms with Crippen molar-refractivity contribution in [2.75, 3.05) is 32.2 Å². The van der Waals surface area contributed by atoms with Crippen molar-refractivity contribution >= 4 is 11.7 Å². The van der Waals surface area contributed by atoms with Crippen LogP contribution in [0.5, 0.6) is 17.2 Å². The number of ether oxygens (including phenoxy) is 3. The van der Waals surface area contributed by atoms with Gasteiger partial charge in [0.05, 0.1) is 7.11 Å². The molecule has 1 heterocycles. The van der Waals surface area contributed by atoms with Gasteiger partial charge in [-0.2, -0.15) is 0 Å². The number of carbonyl (C=O) groups excluding carboxylic acids is 1. The van der Waals surface area contributed by atoms with Crippen LogP contribution in [-0.2, 0) is 4.74 Å². The van der Waals surface area contributed by atoms with E-state index in [4.69, 9.17) is 14.2 Å². The molecule has 2 N–H and O–H groups in total. The molecule has 1 saturated heterocycles. The topological polar surface area (TPSA) is 68.8 Å². The highest BCUT2D eigenvalue weighted by atomic mass is 16.5. The normalized spacial score (nSPS) is 16.4. The number of nitrogens with one attached hydrogen (secondary N) is 2. The van der Waals surface area contributed by atoms with Gasteiger partial charge in [0.2, 0.25) is 0 Å². The minimum absolute atomic E-state index is 0.201. The largest absolute Gasteiger partial charge is 0.497 e. The SMILES string of the molecule is COc1cccc(Oc2ccc(NC(=O)NCC[C@H]3CCCOC3)cc2)c1. The van der Waals surface area contributed by atoms with Crippen LogP contribution in [0.3, 0.4) is 0 Å². The van der Waals surface area contributed by atoms with E-state index in [1.807, 2.05) is 48.5 Å². The second-order valence-electron chi connectivity index (χ2n) is 6.56. The van der Waals surface area contributed by atoms with Gasteiger partial charge in [-0.05, 0) is 61.6 Å². The average Bonchev–Trinajstić information content (AvgIpc) is 2.70. The number of urea groups is 1. The Kier molecular flexibility index (Phi) is 6.93. The zero-order valence-electron chi connectivity index (χ0n) is 15.6. The van der Waals surface area contributed by atoms with E-state index in [0.717, 1.165) is 31.8 Å². The maximum absolute atomic E-state index is 12.0. The highest BCUT2D eigenvalue weighted by Crippen LogP contribution is 2.26. The van der Waals surface area contributed by atoms with E-state index in [0.29, 0.717) is 29.6 Å². The number of hydrogen-bond acceptors (Lipinski definition) is 4. The van der Waals surface area contributed by atoms with Gasteiger partial charge in [-0.1, -0.05) is 6.07 Å². The Morgan fingerprint density at radius 1 is 1.15 bits per heavy atom. The smallest absolute Gasteiger partial charge is 0.319 e. The van der Waals surface area contributed by atoms with Crippen molar-refractivity contribution in [1.29, 1.82) is 0 Å². The van der Waals surface area contributed by atoms with Crippen LogP contribution >= 0.6 is 0 Å². The van der Waals surface area contributed by atoms with Crippen LogP contribution in [-0.4, -0.2) is 32.9 Å². The molecule has 0 aromatic heterocycles. The van der Waals surface area contributed by atoms with Crippen molar-refractivity contribution in [2.24, 2.45) is 5.92 Å². The molecule has 1 fully saturated rings. The van der Waals surface area contributed by atoms with Crippen molar-refractivity contribution < 1.29 is 19.0 Å². The third-order valence-electron chi connectivity index (χ3n) is 4.48. The lowest BCUT2D eigenvalue weighted by atomic mass is 9.99. The first-order valence-corrected chi connectivity index (χ1v) is 9.27. The van der Waals surface area contributed by atoms with Gasteiger partial charge in [0, 0.05) is 31.5 Å². The van der Waals surface area contributed by atoms with E-state index in [2.05, 4.69) is 10.6 Å². The number of benzene rings is 2. The van der Waals surface area contributed by atoms with Gasteiger partial charge >= 0.3 is 6.03 Å². The molecule has 2 aromatic rings. The van der Waals surface area contributed by atoms with Gasteiger partial charge < -0.3 is 24.8 Å². The number of methoxy groups -OCH3 is 1. The molecule has 0 unspecified atom stereocenters. The van der Waals surface area contributed by atoms with E-state index in [1.165, 1.54) is 6.42 Å². The summed E-state index contributed by atoms with van der Waals surface area (Å²) in [6, 6.07) is 14.5. The van der Waals surface area contributed by atoms with Gasteiger partial charge in [-0.25, -0.2) is 4.79 Å². The fourth-order valence-corrected chi connectivity index (χ4v) is 3.01. The van der Waals surface area contributed by atoms with E-state index < -0.39 is 0 Å². The zero-order chi connectivity index (χ0) is 18.9. The first kappa shape index (κ1) is 19.0. The summed E-state index contributed by atoms with van der Waals surface area (Å²) >= 11 is 0. The fraction of sp³-hybridized carbons (Fsp3) is 0.381. The van der Waals surface area contributed by atoms with Crippen LogP contribution in [0.4, 0.5) is 10.5 Å². The van der Waals surface area contributed by atoms with Crippen molar-refractivity contribution in [1.82, 2.24) is 5.32 Å². The summed E-state index contributed by atoms with van der Waals surface area (Å²) in [6.07, 6.45) is 3.24. The summed E-state index contributed by atoms with van der Waals surface area (Å²) < 4.78 is 16.4. The molecule has 0 spiro atoms. The van der Waals surface area contributed by atoms with Crippen molar-refractivity contribution in [3.8, 4) is 17.2 Å². The Hall–Kier alpha value is -2.73. The maximum atomic E-state index is 12.0. The molecule has 6 nitrogen and oxygen atoms in total. The second-order valence-corrected chi connectivity index (χ2v) is 6.56. The van der Waals surface area contributed by atoms with E-state index in [-0.39, 0.29) is 6.03 Å². The average molecular weight is 370 g/mol. The van der Waals surface area contributed by atoms with Gasteiger partial charge in [0.1, 0.15) is 17.2 Å². The third-order valence-corrected chi connectivity index (χ3v) is 4.48. The van der Waals surface area contributed by atoms with E-state index >= 15 is 0 Å². The summed E-state index contributed by atoms with van der Waals surface area (Å²) in [5, 5.41) is 5.73. The summed E-state index contributed by atoms with van der Waals surface area (Å²) in [5.41, 5.74) is 0.714. The van der Waals surface area contributed by atoms with Crippen LogP contribution < -0.4 is 20.1 Å². The fourth-order valence-electron chi connectivity index (χ4n) is 3.01. The summed E-state index contributed by atoms with van der Waals surface area (Å²) in [5.74, 6) is 2.67. The molecular weight excluding hydrogens is 344 g/mol. The molecule has 2 amide bonds. The van der Waals surface area contributed by atoms with Crippen molar-refractivity contribution in [3.05, 3.63) is 48.5 Å². The quantitative estimate of drug-likeness (QED) is 0.757. The number of amides is 2. The number of hydrogen-bond donors (Lipinski definition) is 2. The second kappa shape index (κ2) is 9.83. The maximum Gasteiger partial charge on any atom is 0.319 e. The predicted octanol–water partition coefficient (Wildman–Crippen LogP) is 4.43. The molecule has 0 radical (unpaired) electrons. The zero-order valence-corrected chi connectivity index (χ0v) is 15.6. The molecule has 0 saturated carbocycles. The molecule has 1 aliphatic rings. The third kappa shape index (κ3) is 6.18. The molecule has 6 heteroatoms. The molecule has 1 atom stereocenters. The lowest BCUT2D eigenvalue weighted by molar-refractivity contribution is 0.0520. The van der Waals surface area contributed by atoms with Gasteiger partial charge in [0.25, 0.3) is 0 Å². The molecule has 144 valence electrons. The van der Waals surface area contributed by atoms with Crippen LogP contribution in [0.2, 0.25) is 0 Å². The van der Waals surface area contributed by atoms with Crippen LogP contribution in [0.1, 0.15) is 19.3 Å². The van der Waals surface area contributed by atoms with Crippen LogP contribution in [0, 0.1) is 5.92 Å². The molecule has 2 aromatic carbocycles. The molecule has 3 rings (SSSR count). The van der Waals surface area contributed by atoms with Crippen LogP contribution in [0.15, 0.2) is 48.5 Å². The Morgan fingerprint density at radius 2 is 1.96 bits per heavy atom. The lowest BCUT2D eigenvalue weighted by Gasteiger charge is -2.21. The van der Waals surface area contributed by atoms with Gasteiger partial charge in [-0.15, -0.1) is 0 Å². The van der Waals surface area contributed by atoms with E-state index in [1.54, 1.807) is 7.11 Å². The van der Waals surface area contributed by atoms with Gasteiger partial charge in [0.15, 0.2) is 0 Å². The summed E-state index contributed by atoms with van der Waals surface area (Å²) in [7, 11) is 1.62. The Labute approximate surface area is 159 Å². The Bertz CT molecular complexity index is 727. The van der Waals surface area contributed by atoms with Crippen molar-refractivity contribution in [2.45, 2.75) is 19.3 Å². The van der Waals surface area contributed by atoms with Crippen LogP contribution in [0.25, 0.3) is 0 Å². The Balaban J connectivity index is 1.43. The van der Waals surface area contributed by atoms with Gasteiger partial charge in [-0.3, -0.25) is 0 Å². The molecule has 0 bridgehead atoms. The highest BCUT2D eigenvalue weighted by Gasteiger charge is 2.13. The molecule has 1 aliphatic heterocycles. The monoisotopic (exact) mass is 370 g/mol. The van der Waals surface area contributed by atoms with E-state index in [9.17, 15) is 4.79 Å². The summed E-state index contributed by atoms with van der Waals surface area (Å²) in [6.45, 7) is 2.32. The standard InChI is InChI=1S/C21H26N2O4/c1-25-19-5-2-6-20(14-19)27-18-9-7-17(8-10-18)23-21(24)22-12-11-16-4-3-13-26-15-16/h2,5-10,14,16H,3-4,11-13,15H2,1H3,(H2,22,23,24)/t16-/m1/s1. The predicted molar refractivity (Wildman–Crippen MR) is 105 cm³/mol. The highest BCUT2D eigenvalue weighted by molar-refractivity contribution is 5.89. The molecule has 0 aliphatic carbocycles. The number of carbonyl (C=O) groups is 1. The first-order chi connectivity index (χ1) is 13.2. The lowest BCUT2D eigenvalue weighted by Crippen LogP contribution is -2.31. The number of anilines is 1. The first-order valence-electron chi connectivity index (χ1n) is 9.27. The summed E-state index contributed by atoms with van der Waals surface area (Å²) in [4.78, 5) is 12.0. The number of rotatable bonds is 7. The molecule has 27 heavy (non-hydrogen) atoms. The molecular formula is C21H26N2O4. The van der Waals surface area contributed by atoms with Crippen molar-refractivity contribution in [3.63, 3.8) is 0 Å². The minimum Gasteiger partial charge on any atom is -0.497 e.